The number of morpholine rings is 1. The van der Waals surface area contributed by atoms with Crippen molar-refractivity contribution in [3.05, 3.63) is 65.0 Å². The van der Waals surface area contributed by atoms with E-state index < -0.39 is 0 Å². The van der Waals surface area contributed by atoms with Crippen LogP contribution in [-0.4, -0.2) is 43.8 Å². The van der Waals surface area contributed by atoms with Gasteiger partial charge < -0.3 is 19.7 Å². The average Bonchev–Trinajstić information content (AvgIpc) is 3.16. The molecule has 1 saturated heterocycles. The van der Waals surface area contributed by atoms with Crippen LogP contribution in [0.5, 0.6) is 5.75 Å². The van der Waals surface area contributed by atoms with Crippen molar-refractivity contribution in [2.45, 2.75) is 18.9 Å². The molecule has 0 spiro atoms. The van der Waals surface area contributed by atoms with Gasteiger partial charge in [-0.15, -0.1) is 0 Å². The van der Waals surface area contributed by atoms with Crippen molar-refractivity contribution in [2.75, 3.05) is 32.8 Å². The number of hydrogen-bond acceptors (Lipinski definition) is 3. The molecule has 0 saturated carbocycles. The molecule has 2 heterocycles. The Kier molecular flexibility index (Phi) is 5.25. The van der Waals surface area contributed by atoms with E-state index in [-0.39, 0.29) is 18.0 Å². The number of amides is 2. The van der Waals surface area contributed by atoms with Crippen LogP contribution in [0.4, 0.5) is 9.18 Å². The van der Waals surface area contributed by atoms with Crippen molar-refractivity contribution in [3.63, 3.8) is 0 Å². The number of benzene rings is 2. The molecule has 0 aromatic heterocycles. The van der Waals surface area contributed by atoms with Crippen molar-refractivity contribution < 1.29 is 18.7 Å². The molecule has 1 fully saturated rings. The molecule has 4 rings (SSSR count). The summed E-state index contributed by atoms with van der Waals surface area (Å²) in [6, 6.07) is 12.4. The molecule has 0 aliphatic carbocycles. The zero-order valence-corrected chi connectivity index (χ0v) is 15.1. The number of halogens is 1. The third-order valence-electron chi connectivity index (χ3n) is 5.04. The smallest absolute Gasteiger partial charge is 0.317 e. The van der Waals surface area contributed by atoms with Crippen LogP contribution in [0.1, 0.15) is 22.8 Å². The molecule has 0 radical (unpaired) electrons. The first-order valence-corrected chi connectivity index (χ1v) is 9.33. The largest absolute Gasteiger partial charge is 0.493 e. The number of hydrogen-bond donors (Lipinski definition) is 1. The molecule has 0 bridgehead atoms. The van der Waals surface area contributed by atoms with Crippen LogP contribution in [-0.2, 0) is 17.6 Å². The fraction of sp³-hybridized carbons (Fsp3) is 0.381. The minimum absolute atomic E-state index is 0.0881. The zero-order valence-electron chi connectivity index (χ0n) is 15.1. The molecule has 2 aromatic rings. The van der Waals surface area contributed by atoms with Crippen molar-refractivity contribution in [2.24, 2.45) is 0 Å². The van der Waals surface area contributed by atoms with Gasteiger partial charge in [-0.1, -0.05) is 24.3 Å². The number of carbonyl (C=O) groups is 1. The quantitative estimate of drug-likeness (QED) is 0.900. The SMILES string of the molecule is O=C(NCCc1ccc2c(c1)CCO2)N1CCO[C@@H](c2ccc(F)cc2)C1. The first-order valence-electron chi connectivity index (χ1n) is 9.33. The van der Waals surface area contributed by atoms with Crippen LogP contribution in [0.3, 0.4) is 0 Å². The van der Waals surface area contributed by atoms with Crippen molar-refractivity contribution in [1.29, 1.82) is 0 Å². The highest BCUT2D eigenvalue weighted by Crippen LogP contribution is 2.26. The monoisotopic (exact) mass is 370 g/mol. The third kappa shape index (κ3) is 4.22. The maximum absolute atomic E-state index is 13.1. The third-order valence-corrected chi connectivity index (χ3v) is 5.04. The van der Waals surface area contributed by atoms with E-state index in [1.54, 1.807) is 17.0 Å². The number of carbonyl (C=O) groups excluding carboxylic acids is 1. The van der Waals surface area contributed by atoms with Gasteiger partial charge in [0.05, 0.1) is 19.8 Å². The van der Waals surface area contributed by atoms with Crippen molar-refractivity contribution in [1.82, 2.24) is 10.2 Å². The molecule has 2 aliphatic rings. The summed E-state index contributed by atoms with van der Waals surface area (Å²) in [4.78, 5) is 14.2. The minimum Gasteiger partial charge on any atom is -0.493 e. The average molecular weight is 370 g/mol. The highest BCUT2D eigenvalue weighted by atomic mass is 19.1. The van der Waals surface area contributed by atoms with Crippen LogP contribution in [0, 0.1) is 5.82 Å². The number of nitrogens with one attached hydrogen (secondary N) is 1. The van der Waals surface area contributed by atoms with E-state index in [0.717, 1.165) is 30.8 Å². The van der Waals surface area contributed by atoms with Gasteiger partial charge in [0.1, 0.15) is 17.7 Å². The summed E-state index contributed by atoms with van der Waals surface area (Å²) >= 11 is 0. The predicted octanol–water partition coefficient (Wildman–Crippen LogP) is 3.09. The highest BCUT2D eigenvalue weighted by molar-refractivity contribution is 5.74. The fourth-order valence-corrected chi connectivity index (χ4v) is 3.53. The summed E-state index contributed by atoms with van der Waals surface area (Å²) in [5.41, 5.74) is 3.33. The fourth-order valence-electron chi connectivity index (χ4n) is 3.53. The molecule has 27 heavy (non-hydrogen) atoms. The van der Waals surface area contributed by atoms with Crippen molar-refractivity contribution in [3.8, 4) is 5.75 Å². The molecular formula is C21H23FN2O3. The first-order chi connectivity index (χ1) is 13.2. The second kappa shape index (κ2) is 7.96. The number of urea groups is 1. The molecule has 0 unspecified atom stereocenters. The van der Waals surface area contributed by atoms with Gasteiger partial charge in [-0.3, -0.25) is 0 Å². The molecule has 6 heteroatoms. The van der Waals surface area contributed by atoms with E-state index in [4.69, 9.17) is 9.47 Å². The Morgan fingerprint density at radius 2 is 2.04 bits per heavy atom. The van der Waals surface area contributed by atoms with E-state index >= 15 is 0 Å². The Balaban J connectivity index is 1.28. The summed E-state index contributed by atoms with van der Waals surface area (Å²) in [6.45, 7) is 2.83. The van der Waals surface area contributed by atoms with E-state index in [0.29, 0.717) is 26.2 Å². The summed E-state index contributed by atoms with van der Waals surface area (Å²) in [6.07, 6.45) is 1.51. The number of rotatable bonds is 4. The van der Waals surface area contributed by atoms with E-state index in [1.165, 1.54) is 23.3 Å². The highest BCUT2D eigenvalue weighted by Gasteiger charge is 2.25. The zero-order chi connectivity index (χ0) is 18.6. The number of fused-ring (bicyclic) bond motifs is 1. The number of ether oxygens (including phenoxy) is 2. The van der Waals surface area contributed by atoms with Gasteiger partial charge in [0.2, 0.25) is 0 Å². The summed E-state index contributed by atoms with van der Waals surface area (Å²) in [5, 5.41) is 2.99. The second-order valence-electron chi connectivity index (χ2n) is 6.88. The van der Waals surface area contributed by atoms with Gasteiger partial charge in [0, 0.05) is 19.5 Å². The summed E-state index contributed by atoms with van der Waals surface area (Å²) < 4.78 is 24.4. The van der Waals surface area contributed by atoms with Gasteiger partial charge >= 0.3 is 6.03 Å². The van der Waals surface area contributed by atoms with Gasteiger partial charge in [-0.2, -0.15) is 0 Å². The summed E-state index contributed by atoms with van der Waals surface area (Å²) in [5.74, 6) is 0.699. The van der Waals surface area contributed by atoms with E-state index in [2.05, 4.69) is 17.4 Å². The normalized spacial score (nSPS) is 18.7. The Bertz CT molecular complexity index is 810. The predicted molar refractivity (Wildman–Crippen MR) is 99.4 cm³/mol. The molecule has 2 aliphatic heterocycles. The van der Waals surface area contributed by atoms with Gasteiger partial charge in [-0.05, 0) is 41.3 Å². The van der Waals surface area contributed by atoms with Gasteiger partial charge in [-0.25, -0.2) is 9.18 Å². The molecule has 142 valence electrons. The molecule has 1 atom stereocenters. The summed E-state index contributed by atoms with van der Waals surface area (Å²) in [7, 11) is 0. The Morgan fingerprint density at radius 3 is 2.89 bits per heavy atom. The first kappa shape index (κ1) is 17.8. The molecular weight excluding hydrogens is 347 g/mol. The van der Waals surface area contributed by atoms with Crippen LogP contribution in [0.2, 0.25) is 0 Å². The lowest BCUT2D eigenvalue weighted by atomic mass is 10.1. The Morgan fingerprint density at radius 1 is 1.19 bits per heavy atom. The van der Waals surface area contributed by atoms with E-state index in [1.807, 2.05) is 6.07 Å². The van der Waals surface area contributed by atoms with Gasteiger partial charge in [0.15, 0.2) is 0 Å². The van der Waals surface area contributed by atoms with Gasteiger partial charge in [0.25, 0.3) is 0 Å². The lowest BCUT2D eigenvalue weighted by Gasteiger charge is -2.33. The Labute approximate surface area is 158 Å². The lowest BCUT2D eigenvalue weighted by Crippen LogP contribution is -2.47. The topological polar surface area (TPSA) is 50.8 Å². The molecule has 5 nitrogen and oxygen atoms in total. The second-order valence-corrected chi connectivity index (χ2v) is 6.88. The number of nitrogens with zero attached hydrogens (tertiary/aromatic N) is 1. The maximum Gasteiger partial charge on any atom is 0.317 e. The van der Waals surface area contributed by atoms with Crippen LogP contribution in [0.15, 0.2) is 42.5 Å². The Hall–Kier alpha value is -2.60. The van der Waals surface area contributed by atoms with Crippen LogP contribution >= 0.6 is 0 Å². The van der Waals surface area contributed by atoms with Crippen LogP contribution < -0.4 is 10.1 Å². The van der Waals surface area contributed by atoms with Crippen LogP contribution in [0.25, 0.3) is 0 Å². The molecule has 2 aromatic carbocycles. The van der Waals surface area contributed by atoms with Crippen molar-refractivity contribution >= 4 is 6.03 Å². The minimum atomic E-state index is -0.276. The molecule has 2 amide bonds. The van der Waals surface area contributed by atoms with E-state index in [9.17, 15) is 9.18 Å². The maximum atomic E-state index is 13.1. The standard InChI is InChI=1S/C21H23FN2O3/c22-18-4-2-16(3-5-18)20-14-24(10-12-27-20)21(25)23-9-7-15-1-6-19-17(13-15)8-11-26-19/h1-6,13,20H,7-12,14H2,(H,23,25)/t20-/m1/s1. The lowest BCUT2D eigenvalue weighted by molar-refractivity contribution is -0.0154. The molecule has 1 N–H and O–H groups in total.